The minimum absolute atomic E-state index is 0.0715. The Balaban J connectivity index is 2.66. The van der Waals surface area contributed by atoms with Crippen LogP contribution in [0.3, 0.4) is 0 Å². The molecule has 450 valence electrons. The van der Waals surface area contributed by atoms with Crippen LogP contribution in [0.2, 0.25) is 0 Å². The van der Waals surface area contributed by atoms with E-state index < -0.39 is 67.4 Å². The summed E-state index contributed by atoms with van der Waals surface area (Å²) < 4.78 is 17.6. The maximum atomic E-state index is 13.4. The largest absolute Gasteiger partial charge is 0.454 e. The number of unbranched alkanes of at least 4 members (excludes halogenated alkanes) is 31. The van der Waals surface area contributed by atoms with Gasteiger partial charge in [0.1, 0.15) is 24.4 Å². The molecule has 0 spiro atoms. The molecule has 1 aliphatic rings. The number of rotatable bonds is 53. The summed E-state index contributed by atoms with van der Waals surface area (Å²) in [5, 5.41) is 57.0. The number of nitrogens with one attached hydrogen (secondary N) is 1. The zero-order chi connectivity index (χ0) is 56.8. The Morgan fingerprint density at radius 3 is 1.42 bits per heavy atom. The molecule has 1 rings (SSSR count). The predicted octanol–water partition coefficient (Wildman–Crippen LogP) is 15.3. The Kier molecular flexibility index (Phi) is 50.8. The lowest BCUT2D eigenvalue weighted by molar-refractivity contribution is -0.305. The Hall–Kier alpha value is -3.16. The molecule has 1 aliphatic heterocycles. The second kappa shape index (κ2) is 54.4. The number of hydrogen-bond donors (Lipinski definition) is 6. The van der Waals surface area contributed by atoms with E-state index in [1.807, 2.05) is 54.7 Å². The van der Waals surface area contributed by atoms with Crippen LogP contribution < -0.4 is 5.32 Å². The van der Waals surface area contributed by atoms with Crippen LogP contribution in [-0.2, 0) is 23.8 Å². The van der Waals surface area contributed by atoms with Crippen LogP contribution in [0.5, 0.6) is 0 Å². The predicted molar refractivity (Wildman–Crippen MR) is 324 cm³/mol. The average Bonchev–Trinajstić information content (AvgIpc) is 3.45. The van der Waals surface area contributed by atoms with Crippen molar-refractivity contribution in [1.29, 1.82) is 0 Å². The van der Waals surface area contributed by atoms with E-state index in [2.05, 4.69) is 50.4 Å². The second-order valence-electron chi connectivity index (χ2n) is 21.9. The van der Waals surface area contributed by atoms with Gasteiger partial charge in [-0.3, -0.25) is 9.59 Å². The number of amides is 1. The molecule has 8 unspecified atom stereocenters. The first-order valence-electron chi connectivity index (χ1n) is 31.9. The van der Waals surface area contributed by atoms with Crippen molar-refractivity contribution in [1.82, 2.24) is 5.32 Å². The summed E-state index contributed by atoms with van der Waals surface area (Å²) in [4.78, 5) is 26.5. The summed E-state index contributed by atoms with van der Waals surface area (Å²) in [6, 6.07) is -1.04. The van der Waals surface area contributed by atoms with Gasteiger partial charge in [-0.15, -0.1) is 0 Å². The maximum Gasteiger partial charge on any atom is 0.306 e. The highest BCUT2D eigenvalue weighted by Gasteiger charge is 2.47. The van der Waals surface area contributed by atoms with E-state index >= 15 is 0 Å². The highest BCUT2D eigenvalue weighted by Crippen LogP contribution is 2.26. The quantitative estimate of drug-likeness (QED) is 0.0149. The van der Waals surface area contributed by atoms with Crippen molar-refractivity contribution < 1.29 is 49.3 Å². The fourth-order valence-electron chi connectivity index (χ4n) is 9.61. The summed E-state index contributed by atoms with van der Waals surface area (Å²) in [5.41, 5.74) is 0. The summed E-state index contributed by atoms with van der Waals surface area (Å²) >= 11 is 0. The van der Waals surface area contributed by atoms with Gasteiger partial charge in [-0.25, -0.2) is 0 Å². The topological polar surface area (TPSA) is 175 Å². The van der Waals surface area contributed by atoms with Gasteiger partial charge >= 0.3 is 5.97 Å². The molecule has 8 atom stereocenters. The van der Waals surface area contributed by atoms with Crippen molar-refractivity contribution in [3.8, 4) is 0 Å². The number of esters is 1. The molecule has 0 radical (unpaired) electrons. The summed E-state index contributed by atoms with van der Waals surface area (Å²) in [6.07, 6.45) is 60.6. The molecule has 1 amide bonds. The molecule has 1 saturated heterocycles. The Morgan fingerprint density at radius 1 is 0.513 bits per heavy atom. The average molecular weight is 1100 g/mol. The molecule has 78 heavy (non-hydrogen) atoms. The van der Waals surface area contributed by atoms with Crippen molar-refractivity contribution in [2.75, 3.05) is 13.2 Å². The van der Waals surface area contributed by atoms with E-state index in [9.17, 15) is 35.1 Å². The Morgan fingerprint density at radius 2 is 0.936 bits per heavy atom. The minimum Gasteiger partial charge on any atom is -0.454 e. The monoisotopic (exact) mass is 1100 g/mol. The normalized spacial score (nSPS) is 19.5. The van der Waals surface area contributed by atoms with Crippen LogP contribution in [0.15, 0.2) is 85.1 Å². The zero-order valence-corrected chi connectivity index (χ0v) is 49.8. The standard InChI is InChI=1S/C67H117NO10/c1-4-7-10-13-16-19-22-25-27-28-29-30-31-32-33-35-36-39-42-45-48-51-54-60(71)66(75)68-58(59(70)53-50-47-44-41-38-24-21-18-15-12-9-6-3)57-76-67-65(64(74)63(73)61(56-69)77-67)78-62(72)55-52-49-46-43-40-37-34-26-23-20-17-14-11-8-5-2/h8,11,14,17,20,23,25-27,34,37,40,50,53,58-61,63-65,67,69-71,73-74H,4-7,9-10,12-13,15-16,18-19,21-22,24,28-33,35-36,38-39,41-49,51-52,54-57H2,1-3H3,(H,68,75)/b11-8+,17-14+,23-20-,27-25+,34-26-,40-37+,53-50+. The van der Waals surface area contributed by atoms with Crippen molar-refractivity contribution in [2.24, 2.45) is 0 Å². The SMILES string of the molecule is CC/C=C/C=C/C=C\C=C/C=C/CCCCCC(=O)OC1C(OCC(NC(=O)C(O)CCCCCCCCCCCCCC/C=C/CCCCCCCC)C(O)/C=C/CCCCCCCCCCCC)OC(CO)C(O)C1O. The number of aliphatic hydroxyl groups is 5. The van der Waals surface area contributed by atoms with E-state index in [1.165, 1.54) is 154 Å². The van der Waals surface area contributed by atoms with Gasteiger partial charge in [0.15, 0.2) is 12.4 Å². The molecule has 1 fully saturated rings. The van der Waals surface area contributed by atoms with Crippen LogP contribution in [0.25, 0.3) is 0 Å². The summed E-state index contributed by atoms with van der Waals surface area (Å²) in [5.74, 6) is -1.24. The third-order valence-corrected chi connectivity index (χ3v) is 14.7. The lowest BCUT2D eigenvalue weighted by Crippen LogP contribution is -2.61. The highest BCUT2D eigenvalue weighted by atomic mass is 16.7. The molecular weight excluding hydrogens is 979 g/mol. The number of carbonyl (C=O) groups excluding carboxylic acids is 2. The van der Waals surface area contributed by atoms with Crippen molar-refractivity contribution in [2.45, 2.75) is 314 Å². The first kappa shape index (κ1) is 72.9. The maximum absolute atomic E-state index is 13.4. The number of ether oxygens (including phenoxy) is 3. The van der Waals surface area contributed by atoms with Gasteiger partial charge in [-0.2, -0.15) is 0 Å². The van der Waals surface area contributed by atoms with E-state index in [1.54, 1.807) is 6.08 Å². The van der Waals surface area contributed by atoms with Crippen LogP contribution >= 0.6 is 0 Å². The number of hydrogen-bond acceptors (Lipinski definition) is 10. The van der Waals surface area contributed by atoms with Gasteiger partial charge in [-0.1, -0.05) is 273 Å². The number of aliphatic hydroxyl groups excluding tert-OH is 5. The minimum atomic E-state index is -1.63. The molecular formula is C67H117NO10. The number of allylic oxidation sites excluding steroid dienone is 13. The van der Waals surface area contributed by atoms with Gasteiger partial charge in [0, 0.05) is 6.42 Å². The van der Waals surface area contributed by atoms with E-state index in [0.29, 0.717) is 12.8 Å². The molecule has 0 aromatic carbocycles. The van der Waals surface area contributed by atoms with Gasteiger partial charge in [0.05, 0.1) is 25.4 Å². The first-order valence-corrected chi connectivity index (χ1v) is 31.9. The fraction of sp³-hybridized carbons (Fsp3) is 0.761. The van der Waals surface area contributed by atoms with Crippen LogP contribution in [0.1, 0.15) is 265 Å². The first-order chi connectivity index (χ1) is 38.2. The van der Waals surface area contributed by atoms with Gasteiger partial charge in [0.2, 0.25) is 5.91 Å². The summed E-state index contributed by atoms with van der Waals surface area (Å²) in [7, 11) is 0. The van der Waals surface area contributed by atoms with Crippen molar-refractivity contribution in [3.63, 3.8) is 0 Å². The van der Waals surface area contributed by atoms with Gasteiger partial charge < -0.3 is 45.1 Å². The van der Waals surface area contributed by atoms with Crippen molar-refractivity contribution in [3.05, 3.63) is 85.1 Å². The van der Waals surface area contributed by atoms with E-state index in [0.717, 1.165) is 64.2 Å². The van der Waals surface area contributed by atoms with E-state index in [4.69, 9.17) is 14.2 Å². The molecule has 0 aromatic heterocycles. The fourth-order valence-corrected chi connectivity index (χ4v) is 9.61. The van der Waals surface area contributed by atoms with Crippen molar-refractivity contribution >= 4 is 11.9 Å². The zero-order valence-electron chi connectivity index (χ0n) is 49.8. The molecule has 0 saturated carbocycles. The Bertz CT molecular complexity index is 1590. The van der Waals surface area contributed by atoms with Gasteiger partial charge in [0.25, 0.3) is 0 Å². The molecule has 11 heteroatoms. The number of carbonyl (C=O) groups is 2. The molecule has 1 heterocycles. The molecule has 0 aliphatic carbocycles. The van der Waals surface area contributed by atoms with Crippen LogP contribution in [0.4, 0.5) is 0 Å². The van der Waals surface area contributed by atoms with Gasteiger partial charge in [-0.05, 0) is 70.6 Å². The highest BCUT2D eigenvalue weighted by molar-refractivity contribution is 5.80. The lowest BCUT2D eigenvalue weighted by atomic mass is 9.99. The smallest absolute Gasteiger partial charge is 0.306 e. The third kappa shape index (κ3) is 41.8. The van der Waals surface area contributed by atoms with Crippen LogP contribution in [0, 0.1) is 0 Å². The second-order valence-corrected chi connectivity index (χ2v) is 21.9. The molecule has 0 bridgehead atoms. The molecule has 0 aromatic rings. The lowest BCUT2D eigenvalue weighted by Gasteiger charge is -2.41. The van der Waals surface area contributed by atoms with E-state index in [-0.39, 0.29) is 19.4 Å². The third-order valence-electron chi connectivity index (χ3n) is 14.7. The van der Waals surface area contributed by atoms with Crippen LogP contribution in [-0.4, -0.2) is 99.6 Å². The molecule has 11 nitrogen and oxygen atoms in total. The Labute approximate surface area is 476 Å². The molecule has 6 N–H and O–H groups in total. The summed E-state index contributed by atoms with van der Waals surface area (Å²) in [6.45, 7) is 5.62.